The molecule has 0 aliphatic carbocycles. The number of phenols is 1. The Morgan fingerprint density at radius 2 is 1.96 bits per heavy atom. The van der Waals surface area contributed by atoms with Gasteiger partial charge in [0.05, 0.1) is 22.4 Å². The third kappa shape index (κ3) is 4.22. The van der Waals surface area contributed by atoms with Gasteiger partial charge >= 0.3 is 6.18 Å². The third-order valence-electron chi connectivity index (χ3n) is 2.90. The lowest BCUT2D eigenvalue weighted by molar-refractivity contribution is -0.385. The molecule has 2 N–H and O–H groups in total. The number of nitrogens with zero attached hydrogens (tertiary/aromatic N) is 2. The molecule has 2 aromatic rings. The van der Waals surface area contributed by atoms with E-state index in [1.807, 2.05) is 0 Å². The van der Waals surface area contributed by atoms with Gasteiger partial charge in [0.2, 0.25) is 0 Å². The number of anilines is 1. The molecular formula is C14H9BrF3N3O3. The Kier molecular flexibility index (Phi) is 5.07. The number of benzene rings is 2. The summed E-state index contributed by atoms with van der Waals surface area (Å²) in [6.45, 7) is 0. The van der Waals surface area contributed by atoms with Crippen LogP contribution in [-0.4, -0.2) is 16.2 Å². The van der Waals surface area contributed by atoms with E-state index in [-0.39, 0.29) is 11.3 Å². The van der Waals surface area contributed by atoms with Crippen LogP contribution in [0.4, 0.5) is 24.5 Å². The highest BCUT2D eigenvalue weighted by atomic mass is 79.9. The number of aromatic hydroxyl groups is 1. The Morgan fingerprint density at radius 3 is 2.58 bits per heavy atom. The zero-order valence-electron chi connectivity index (χ0n) is 11.7. The summed E-state index contributed by atoms with van der Waals surface area (Å²) in [6, 6.07) is 6.76. The van der Waals surface area contributed by atoms with Gasteiger partial charge in [-0.3, -0.25) is 15.5 Å². The first-order valence-corrected chi connectivity index (χ1v) is 7.11. The quantitative estimate of drug-likeness (QED) is 0.446. The van der Waals surface area contributed by atoms with Crippen molar-refractivity contribution in [1.82, 2.24) is 0 Å². The van der Waals surface area contributed by atoms with Crippen molar-refractivity contribution in [3.8, 4) is 5.75 Å². The van der Waals surface area contributed by atoms with Gasteiger partial charge in [-0.2, -0.15) is 18.3 Å². The first kappa shape index (κ1) is 17.7. The molecule has 0 aliphatic rings. The fourth-order valence-electron chi connectivity index (χ4n) is 1.78. The van der Waals surface area contributed by atoms with Crippen LogP contribution in [0, 0.1) is 10.1 Å². The molecular weight excluding hydrogens is 395 g/mol. The van der Waals surface area contributed by atoms with Crippen molar-refractivity contribution in [3.63, 3.8) is 0 Å². The van der Waals surface area contributed by atoms with E-state index in [0.717, 1.165) is 18.3 Å². The van der Waals surface area contributed by atoms with Gasteiger partial charge in [0.1, 0.15) is 5.75 Å². The van der Waals surface area contributed by atoms with Crippen LogP contribution in [0.3, 0.4) is 0 Å². The molecule has 0 radical (unpaired) electrons. The summed E-state index contributed by atoms with van der Waals surface area (Å²) in [5.41, 5.74) is 0.112. The predicted octanol–water partition coefficient (Wildman–Crippen LogP) is 4.53. The lowest BCUT2D eigenvalue weighted by Gasteiger charge is -2.11. The van der Waals surface area contributed by atoms with Crippen LogP contribution in [0.25, 0.3) is 0 Å². The summed E-state index contributed by atoms with van der Waals surface area (Å²) in [5, 5.41) is 23.9. The molecule has 24 heavy (non-hydrogen) atoms. The van der Waals surface area contributed by atoms with E-state index in [9.17, 15) is 28.4 Å². The average molecular weight is 404 g/mol. The summed E-state index contributed by atoms with van der Waals surface area (Å²) in [4.78, 5) is 9.70. The van der Waals surface area contributed by atoms with Crippen molar-refractivity contribution >= 4 is 33.5 Å². The maximum Gasteiger partial charge on any atom is 0.418 e. The summed E-state index contributed by atoms with van der Waals surface area (Å²) in [5.74, 6) is -0.108. The van der Waals surface area contributed by atoms with Crippen LogP contribution in [0.15, 0.2) is 46.0 Å². The monoisotopic (exact) mass is 403 g/mol. The van der Waals surface area contributed by atoms with Gasteiger partial charge in [0.25, 0.3) is 5.69 Å². The van der Waals surface area contributed by atoms with Gasteiger partial charge in [0, 0.05) is 22.2 Å². The Labute approximate surface area is 141 Å². The van der Waals surface area contributed by atoms with Crippen molar-refractivity contribution in [2.75, 3.05) is 5.43 Å². The van der Waals surface area contributed by atoms with E-state index < -0.39 is 28.0 Å². The van der Waals surface area contributed by atoms with Crippen molar-refractivity contribution in [1.29, 1.82) is 0 Å². The second-order valence-electron chi connectivity index (χ2n) is 4.56. The second-order valence-corrected chi connectivity index (χ2v) is 5.47. The molecule has 0 aromatic heterocycles. The zero-order chi connectivity index (χ0) is 17.9. The Morgan fingerprint density at radius 1 is 1.25 bits per heavy atom. The molecule has 10 heteroatoms. The summed E-state index contributed by atoms with van der Waals surface area (Å²) >= 11 is 3.19. The van der Waals surface area contributed by atoms with E-state index >= 15 is 0 Å². The lowest BCUT2D eigenvalue weighted by Crippen LogP contribution is -2.09. The maximum atomic E-state index is 13.0. The number of hydrogen-bond acceptors (Lipinski definition) is 5. The minimum atomic E-state index is -4.79. The molecule has 0 bridgehead atoms. The van der Waals surface area contributed by atoms with Gasteiger partial charge in [-0.05, 0) is 24.3 Å². The molecule has 0 atom stereocenters. The highest BCUT2D eigenvalue weighted by molar-refractivity contribution is 9.10. The molecule has 0 fully saturated rings. The van der Waals surface area contributed by atoms with E-state index in [2.05, 4.69) is 26.5 Å². The Balaban J connectivity index is 2.31. The Hall–Kier alpha value is -2.62. The van der Waals surface area contributed by atoms with Gasteiger partial charge in [-0.15, -0.1) is 0 Å². The number of non-ortho nitro benzene ring substituents is 1. The van der Waals surface area contributed by atoms with Crippen LogP contribution in [0.2, 0.25) is 0 Å². The first-order valence-electron chi connectivity index (χ1n) is 6.31. The van der Waals surface area contributed by atoms with Crippen LogP contribution >= 0.6 is 15.9 Å². The Bertz CT molecular complexity index is 810. The molecule has 0 saturated heterocycles. The molecule has 2 aromatic carbocycles. The minimum absolute atomic E-state index is 0.108. The molecule has 0 saturated carbocycles. The maximum absolute atomic E-state index is 13.0. The van der Waals surface area contributed by atoms with Crippen molar-refractivity contribution < 1.29 is 23.2 Å². The number of alkyl halides is 3. The van der Waals surface area contributed by atoms with Crippen molar-refractivity contribution in [3.05, 3.63) is 62.1 Å². The van der Waals surface area contributed by atoms with E-state index in [1.165, 1.54) is 12.1 Å². The summed E-state index contributed by atoms with van der Waals surface area (Å²) < 4.78 is 39.6. The normalized spacial score (nSPS) is 11.7. The molecule has 0 spiro atoms. The largest absolute Gasteiger partial charge is 0.507 e. The molecule has 126 valence electrons. The number of nitrogens with one attached hydrogen (secondary N) is 1. The number of hydrogen-bond donors (Lipinski definition) is 2. The number of nitro groups is 1. The van der Waals surface area contributed by atoms with Crippen molar-refractivity contribution in [2.45, 2.75) is 6.18 Å². The first-order chi connectivity index (χ1) is 11.2. The predicted molar refractivity (Wildman–Crippen MR) is 85.1 cm³/mol. The SMILES string of the molecule is O=[N+]([O-])c1ccc(N/N=C\c2cc(Br)ccc2O)c(C(F)(F)F)c1. The van der Waals surface area contributed by atoms with Crippen molar-refractivity contribution in [2.24, 2.45) is 5.10 Å². The average Bonchev–Trinajstić information content (AvgIpc) is 2.49. The number of nitro benzene ring substituents is 1. The second kappa shape index (κ2) is 6.87. The van der Waals surface area contributed by atoms with Crippen LogP contribution in [0.1, 0.15) is 11.1 Å². The van der Waals surface area contributed by atoms with Gasteiger partial charge < -0.3 is 5.11 Å². The molecule has 0 amide bonds. The van der Waals surface area contributed by atoms with Gasteiger partial charge in [0.15, 0.2) is 0 Å². The van der Waals surface area contributed by atoms with E-state index in [4.69, 9.17) is 0 Å². The fourth-order valence-corrected chi connectivity index (χ4v) is 2.16. The van der Waals surface area contributed by atoms with E-state index in [0.29, 0.717) is 10.5 Å². The number of halogens is 4. The molecule has 2 rings (SSSR count). The van der Waals surface area contributed by atoms with Gasteiger partial charge in [-0.1, -0.05) is 15.9 Å². The highest BCUT2D eigenvalue weighted by Crippen LogP contribution is 2.37. The van der Waals surface area contributed by atoms with Crippen LogP contribution in [0.5, 0.6) is 5.75 Å². The van der Waals surface area contributed by atoms with Crippen LogP contribution in [-0.2, 0) is 6.18 Å². The standard InChI is InChI=1S/C14H9BrF3N3O3/c15-9-1-4-13(22)8(5-9)7-19-20-12-3-2-10(21(23)24)6-11(12)14(16,17)18/h1-7,20,22H/b19-7-. The van der Waals surface area contributed by atoms with Crippen LogP contribution < -0.4 is 5.43 Å². The highest BCUT2D eigenvalue weighted by Gasteiger charge is 2.35. The zero-order valence-corrected chi connectivity index (χ0v) is 13.3. The topological polar surface area (TPSA) is 87.8 Å². The third-order valence-corrected chi connectivity index (χ3v) is 3.39. The minimum Gasteiger partial charge on any atom is -0.507 e. The summed E-state index contributed by atoms with van der Waals surface area (Å²) in [7, 11) is 0. The number of hydrazone groups is 1. The molecule has 6 nitrogen and oxygen atoms in total. The molecule has 0 heterocycles. The lowest BCUT2D eigenvalue weighted by atomic mass is 10.1. The summed E-state index contributed by atoms with van der Waals surface area (Å²) in [6.07, 6.45) is -3.66. The number of rotatable bonds is 4. The fraction of sp³-hybridized carbons (Fsp3) is 0.0714. The molecule has 0 aliphatic heterocycles. The van der Waals surface area contributed by atoms with Gasteiger partial charge in [-0.25, -0.2) is 0 Å². The molecule has 0 unspecified atom stereocenters. The van der Waals surface area contributed by atoms with E-state index in [1.54, 1.807) is 6.07 Å². The number of phenolic OH excluding ortho intramolecular Hbond substituents is 1. The smallest absolute Gasteiger partial charge is 0.418 e.